The largest absolute Gasteiger partial charge is 0.493 e. The average Bonchev–Trinajstić information content (AvgIpc) is 2.96. The molecule has 0 unspecified atom stereocenters. The number of ether oxygens (including phenoxy) is 2. The van der Waals surface area contributed by atoms with Crippen LogP contribution in [0.25, 0.3) is 6.08 Å². The van der Waals surface area contributed by atoms with Gasteiger partial charge in [-0.15, -0.1) is 0 Å². The number of hydrogen-bond donors (Lipinski definition) is 0. The number of hydrogen-bond acceptors (Lipinski definition) is 5. The summed E-state index contributed by atoms with van der Waals surface area (Å²) in [7, 11) is 1.52. The van der Waals surface area contributed by atoms with Crippen LogP contribution in [0.2, 0.25) is 0 Å². The third-order valence-corrected chi connectivity index (χ3v) is 6.80. The van der Waals surface area contributed by atoms with E-state index in [1.54, 1.807) is 78.9 Å². The van der Waals surface area contributed by atoms with E-state index in [0.29, 0.717) is 35.0 Å². The van der Waals surface area contributed by atoms with Crippen molar-refractivity contribution in [1.29, 1.82) is 0 Å². The summed E-state index contributed by atoms with van der Waals surface area (Å²) in [6.45, 7) is 0.352. The number of rotatable bonds is 7. The summed E-state index contributed by atoms with van der Waals surface area (Å²) < 4.78 is 12.6. The lowest BCUT2D eigenvalue weighted by Gasteiger charge is -2.33. The number of carbonyl (C=O) groups is 3. The van der Waals surface area contributed by atoms with Crippen molar-refractivity contribution >= 4 is 57.9 Å². The predicted molar refractivity (Wildman–Crippen MR) is 158 cm³/mol. The summed E-state index contributed by atoms with van der Waals surface area (Å²) in [5, 5.41) is 0. The van der Waals surface area contributed by atoms with Gasteiger partial charge in [-0.05, 0) is 88.3 Å². The van der Waals surface area contributed by atoms with E-state index in [2.05, 4.69) is 22.6 Å². The van der Waals surface area contributed by atoms with Crippen molar-refractivity contribution in [3.63, 3.8) is 0 Å². The predicted octanol–water partition coefficient (Wildman–Crippen LogP) is 6.46. The van der Waals surface area contributed by atoms with Gasteiger partial charge in [0.2, 0.25) is 0 Å². The lowest BCUT2D eigenvalue weighted by Crippen LogP contribution is -2.57. The Labute approximate surface area is 239 Å². The minimum atomic E-state index is -0.739. The molecular weight excluding hydrogens is 607 g/mol. The molecule has 4 aromatic rings. The molecule has 0 bridgehead atoms. The fourth-order valence-corrected chi connectivity index (χ4v) is 4.50. The molecule has 4 aromatic carbocycles. The van der Waals surface area contributed by atoms with Gasteiger partial charge in [-0.1, -0.05) is 54.6 Å². The van der Waals surface area contributed by atoms with E-state index < -0.39 is 17.8 Å². The molecule has 1 saturated heterocycles. The van der Waals surface area contributed by atoms with Crippen molar-refractivity contribution in [3.05, 3.63) is 123 Å². The fourth-order valence-electron chi connectivity index (χ4n) is 4.14. The molecule has 194 valence electrons. The third-order valence-electron chi connectivity index (χ3n) is 6.08. The van der Waals surface area contributed by atoms with Crippen LogP contribution in [0, 0.1) is 3.57 Å². The van der Waals surface area contributed by atoms with Crippen LogP contribution in [-0.4, -0.2) is 25.0 Å². The van der Waals surface area contributed by atoms with Gasteiger partial charge in [-0.3, -0.25) is 9.59 Å². The molecule has 1 aliphatic rings. The van der Waals surface area contributed by atoms with Crippen LogP contribution in [0.15, 0.2) is 109 Å². The van der Waals surface area contributed by atoms with E-state index in [-0.39, 0.29) is 5.57 Å². The standard InChI is InChI=1S/C31H23IN2O5/c1-38-28-19-22(14-17-27(28)39-20-21-12-15-23(32)16-13-21)18-26-29(35)33(24-8-4-2-5-9-24)31(37)34(30(26)36)25-10-6-3-7-11-25/h2-19H,20H2,1H3. The minimum Gasteiger partial charge on any atom is -0.493 e. The number of imide groups is 2. The maximum atomic E-state index is 13.6. The van der Waals surface area contributed by atoms with Crippen LogP contribution in [0.1, 0.15) is 11.1 Å². The van der Waals surface area contributed by atoms with Crippen molar-refractivity contribution in [2.75, 3.05) is 16.9 Å². The molecule has 0 radical (unpaired) electrons. The number of methoxy groups -OCH3 is 1. The number of urea groups is 1. The number of carbonyl (C=O) groups excluding carboxylic acids is 3. The summed E-state index contributed by atoms with van der Waals surface area (Å²) in [4.78, 5) is 42.6. The van der Waals surface area contributed by atoms with E-state index in [0.717, 1.165) is 18.9 Å². The van der Waals surface area contributed by atoms with Crippen molar-refractivity contribution in [3.8, 4) is 11.5 Å². The van der Waals surface area contributed by atoms with Crippen LogP contribution >= 0.6 is 22.6 Å². The number of benzene rings is 4. The molecule has 0 aromatic heterocycles. The maximum absolute atomic E-state index is 13.6. The van der Waals surface area contributed by atoms with Gasteiger partial charge in [0.15, 0.2) is 11.5 Å². The zero-order valence-electron chi connectivity index (χ0n) is 20.9. The fraction of sp³-hybridized carbons (Fsp3) is 0.0645. The summed E-state index contributed by atoms with van der Waals surface area (Å²) in [6.07, 6.45) is 1.47. The molecule has 5 rings (SSSR count). The first-order valence-corrected chi connectivity index (χ1v) is 13.1. The Bertz CT molecular complexity index is 1490. The number of amides is 4. The number of anilines is 2. The average molecular weight is 630 g/mol. The normalized spacial score (nSPS) is 13.5. The number of barbiturate groups is 1. The Morgan fingerprint density at radius 2 is 1.28 bits per heavy atom. The molecular formula is C31H23IN2O5. The van der Waals surface area contributed by atoms with Crippen LogP contribution in [0.3, 0.4) is 0 Å². The first-order valence-electron chi connectivity index (χ1n) is 12.1. The SMILES string of the molecule is COc1cc(C=C2C(=O)N(c3ccccc3)C(=O)N(c3ccccc3)C2=O)ccc1OCc1ccc(I)cc1. The van der Waals surface area contributed by atoms with Crippen molar-refractivity contribution in [2.45, 2.75) is 6.61 Å². The summed E-state index contributed by atoms with van der Waals surface area (Å²) in [6, 6.07) is 29.5. The lowest BCUT2D eigenvalue weighted by atomic mass is 10.0. The molecule has 8 heteroatoms. The Kier molecular flexibility index (Phi) is 7.74. The van der Waals surface area contributed by atoms with Gasteiger partial charge in [0.25, 0.3) is 11.8 Å². The highest BCUT2D eigenvalue weighted by atomic mass is 127. The monoisotopic (exact) mass is 630 g/mol. The minimum absolute atomic E-state index is 0.156. The van der Waals surface area contributed by atoms with E-state index >= 15 is 0 Å². The van der Waals surface area contributed by atoms with Gasteiger partial charge in [0.1, 0.15) is 12.2 Å². The number of halogens is 1. The zero-order chi connectivity index (χ0) is 27.4. The highest BCUT2D eigenvalue weighted by Gasteiger charge is 2.43. The van der Waals surface area contributed by atoms with E-state index in [1.807, 2.05) is 24.3 Å². The van der Waals surface area contributed by atoms with Gasteiger partial charge in [0.05, 0.1) is 18.5 Å². The second-order valence-corrected chi connectivity index (χ2v) is 9.86. The Morgan fingerprint density at radius 3 is 1.82 bits per heavy atom. The van der Waals surface area contributed by atoms with E-state index in [9.17, 15) is 14.4 Å². The van der Waals surface area contributed by atoms with Gasteiger partial charge in [0, 0.05) is 3.57 Å². The van der Waals surface area contributed by atoms with Crippen LogP contribution < -0.4 is 19.3 Å². The van der Waals surface area contributed by atoms with Gasteiger partial charge >= 0.3 is 6.03 Å². The molecule has 39 heavy (non-hydrogen) atoms. The van der Waals surface area contributed by atoms with E-state index in [1.165, 1.54) is 13.2 Å². The topological polar surface area (TPSA) is 76.2 Å². The summed E-state index contributed by atoms with van der Waals surface area (Å²) in [5.74, 6) is -0.448. The lowest BCUT2D eigenvalue weighted by molar-refractivity contribution is -0.121. The molecule has 0 N–H and O–H groups in total. The molecule has 7 nitrogen and oxygen atoms in total. The summed E-state index contributed by atoms with van der Waals surface area (Å²) >= 11 is 2.25. The van der Waals surface area contributed by atoms with Crippen molar-refractivity contribution in [2.24, 2.45) is 0 Å². The molecule has 4 amide bonds. The van der Waals surface area contributed by atoms with Gasteiger partial charge in [-0.25, -0.2) is 14.6 Å². The highest BCUT2D eigenvalue weighted by Crippen LogP contribution is 2.32. The van der Waals surface area contributed by atoms with Gasteiger partial charge < -0.3 is 9.47 Å². The first-order chi connectivity index (χ1) is 19.0. The van der Waals surface area contributed by atoms with Crippen LogP contribution in [0.4, 0.5) is 16.2 Å². The zero-order valence-corrected chi connectivity index (χ0v) is 23.1. The highest BCUT2D eigenvalue weighted by molar-refractivity contribution is 14.1. The Hall–Kier alpha value is -4.44. The Morgan fingerprint density at radius 1 is 0.718 bits per heavy atom. The van der Waals surface area contributed by atoms with Crippen LogP contribution in [0.5, 0.6) is 11.5 Å². The molecule has 0 saturated carbocycles. The third kappa shape index (κ3) is 5.56. The van der Waals surface area contributed by atoms with Gasteiger partial charge in [-0.2, -0.15) is 0 Å². The molecule has 1 fully saturated rings. The van der Waals surface area contributed by atoms with Crippen LogP contribution in [-0.2, 0) is 16.2 Å². The quantitative estimate of drug-likeness (QED) is 0.133. The second-order valence-electron chi connectivity index (χ2n) is 8.62. The number of nitrogens with zero attached hydrogens (tertiary/aromatic N) is 2. The Balaban J connectivity index is 1.50. The molecule has 0 aliphatic carbocycles. The molecule has 0 spiro atoms. The first kappa shape index (κ1) is 26.2. The number of para-hydroxylation sites is 2. The second kappa shape index (κ2) is 11.5. The molecule has 1 heterocycles. The smallest absolute Gasteiger partial charge is 0.343 e. The molecule has 0 atom stereocenters. The molecule has 1 aliphatic heterocycles. The van der Waals surface area contributed by atoms with Crippen molar-refractivity contribution in [1.82, 2.24) is 0 Å². The van der Waals surface area contributed by atoms with Crippen molar-refractivity contribution < 1.29 is 23.9 Å². The summed E-state index contributed by atoms with van der Waals surface area (Å²) in [5.41, 5.74) is 2.12. The maximum Gasteiger partial charge on any atom is 0.343 e. The van der Waals surface area contributed by atoms with E-state index in [4.69, 9.17) is 9.47 Å².